The third-order valence-electron chi connectivity index (χ3n) is 3.14. The highest BCUT2D eigenvalue weighted by atomic mass is 79.9. The van der Waals surface area contributed by atoms with E-state index in [1.807, 2.05) is 41.8 Å². The highest BCUT2D eigenvalue weighted by molar-refractivity contribution is 9.10. The summed E-state index contributed by atoms with van der Waals surface area (Å²) in [6, 6.07) is 5.85. The maximum absolute atomic E-state index is 12.5. The van der Waals surface area contributed by atoms with E-state index in [9.17, 15) is 4.79 Å². The Kier molecular flexibility index (Phi) is 4.07. The summed E-state index contributed by atoms with van der Waals surface area (Å²) in [7, 11) is 0. The molecule has 0 unspecified atom stereocenters. The maximum atomic E-state index is 12.5. The molecule has 0 radical (unpaired) electrons. The monoisotopic (exact) mass is 327 g/mol. The van der Waals surface area contributed by atoms with Crippen molar-refractivity contribution < 1.29 is 4.79 Å². The van der Waals surface area contributed by atoms with Gasteiger partial charge >= 0.3 is 0 Å². The van der Waals surface area contributed by atoms with Gasteiger partial charge in [0, 0.05) is 28.1 Å². The Labute approximate surface area is 121 Å². The lowest BCUT2D eigenvalue weighted by Gasteiger charge is -2.37. The summed E-state index contributed by atoms with van der Waals surface area (Å²) in [6.07, 6.45) is 0. The van der Waals surface area contributed by atoms with Crippen molar-refractivity contribution in [3.8, 4) is 0 Å². The van der Waals surface area contributed by atoms with Gasteiger partial charge in [0.25, 0.3) is 5.91 Å². The maximum Gasteiger partial charge on any atom is 0.255 e. The lowest BCUT2D eigenvalue weighted by atomic mass is 10.1. The molecule has 0 aliphatic carbocycles. The number of hydrogen-bond donors (Lipinski definition) is 0. The van der Waals surface area contributed by atoms with Crippen LogP contribution < -0.4 is 0 Å². The predicted molar refractivity (Wildman–Crippen MR) is 81.3 cm³/mol. The van der Waals surface area contributed by atoms with Crippen LogP contribution in [0.4, 0.5) is 0 Å². The number of benzene rings is 1. The topological polar surface area (TPSA) is 20.3 Å². The summed E-state index contributed by atoms with van der Waals surface area (Å²) < 4.78 is 1.08. The molecule has 18 heavy (non-hydrogen) atoms. The van der Waals surface area contributed by atoms with E-state index in [0.29, 0.717) is 0 Å². The highest BCUT2D eigenvalue weighted by Crippen LogP contribution is 2.31. The normalized spacial score (nSPS) is 18.8. The van der Waals surface area contributed by atoms with Crippen LogP contribution in [-0.4, -0.2) is 34.4 Å². The molecule has 1 aliphatic heterocycles. The van der Waals surface area contributed by atoms with Gasteiger partial charge in [-0.3, -0.25) is 4.79 Å². The highest BCUT2D eigenvalue weighted by Gasteiger charge is 2.30. The number of rotatable bonds is 1. The molecule has 98 valence electrons. The molecule has 2 rings (SSSR count). The average molecular weight is 328 g/mol. The van der Waals surface area contributed by atoms with E-state index in [2.05, 4.69) is 29.8 Å². The van der Waals surface area contributed by atoms with E-state index in [1.165, 1.54) is 0 Å². The van der Waals surface area contributed by atoms with Crippen molar-refractivity contribution in [2.45, 2.75) is 25.5 Å². The van der Waals surface area contributed by atoms with Crippen LogP contribution >= 0.6 is 27.7 Å². The second-order valence-electron chi connectivity index (χ2n) is 5.27. The standard InChI is InChI=1S/C14H18BrNOS/c1-10-5-4-6-11(12(10)15)13(17)16-7-8-18-14(2,3)9-16/h4-6H,7-9H2,1-3H3. The Bertz CT molecular complexity index is 473. The van der Waals surface area contributed by atoms with Crippen molar-refractivity contribution in [2.75, 3.05) is 18.8 Å². The van der Waals surface area contributed by atoms with E-state index in [4.69, 9.17) is 0 Å². The Morgan fingerprint density at radius 1 is 1.44 bits per heavy atom. The molecule has 0 saturated carbocycles. The summed E-state index contributed by atoms with van der Waals surface area (Å²) in [6.45, 7) is 8.06. The minimum Gasteiger partial charge on any atom is -0.336 e. The molecular formula is C14H18BrNOS. The zero-order valence-corrected chi connectivity index (χ0v) is 13.4. The second kappa shape index (κ2) is 5.25. The first-order chi connectivity index (χ1) is 8.41. The SMILES string of the molecule is Cc1cccc(C(=O)N2CCSC(C)(C)C2)c1Br. The molecule has 1 aromatic carbocycles. The molecule has 1 saturated heterocycles. The van der Waals surface area contributed by atoms with E-state index in [0.717, 1.165) is 34.4 Å². The van der Waals surface area contributed by atoms with Crippen molar-refractivity contribution in [2.24, 2.45) is 0 Å². The number of thioether (sulfide) groups is 1. The summed E-state index contributed by atoms with van der Waals surface area (Å²) in [5.74, 6) is 1.15. The van der Waals surface area contributed by atoms with Crippen LogP contribution in [0.3, 0.4) is 0 Å². The molecule has 1 fully saturated rings. The second-order valence-corrected chi connectivity index (χ2v) is 7.87. The summed E-state index contributed by atoms with van der Waals surface area (Å²) in [5.41, 5.74) is 1.88. The molecular weight excluding hydrogens is 310 g/mol. The number of aryl methyl sites for hydroxylation is 1. The minimum absolute atomic E-state index is 0.138. The van der Waals surface area contributed by atoms with Gasteiger partial charge in [0.05, 0.1) is 5.56 Å². The quantitative estimate of drug-likeness (QED) is 0.783. The van der Waals surface area contributed by atoms with Crippen LogP contribution in [0.2, 0.25) is 0 Å². The fourth-order valence-corrected chi connectivity index (χ4v) is 3.72. The summed E-state index contributed by atoms with van der Waals surface area (Å²) in [5, 5.41) is 0. The first-order valence-corrected chi connectivity index (χ1v) is 7.87. The Morgan fingerprint density at radius 2 is 2.17 bits per heavy atom. The molecule has 0 bridgehead atoms. The molecule has 4 heteroatoms. The van der Waals surface area contributed by atoms with Gasteiger partial charge in [-0.15, -0.1) is 0 Å². The van der Waals surface area contributed by atoms with Crippen LogP contribution in [-0.2, 0) is 0 Å². The molecule has 1 heterocycles. The number of amides is 1. The molecule has 1 amide bonds. The third kappa shape index (κ3) is 2.91. The largest absolute Gasteiger partial charge is 0.336 e. The first kappa shape index (κ1) is 13.9. The third-order valence-corrected chi connectivity index (χ3v) is 5.48. The van der Waals surface area contributed by atoms with Crippen molar-refractivity contribution in [1.29, 1.82) is 0 Å². The smallest absolute Gasteiger partial charge is 0.255 e. The van der Waals surface area contributed by atoms with Gasteiger partial charge in [-0.25, -0.2) is 0 Å². The van der Waals surface area contributed by atoms with Gasteiger partial charge in [-0.2, -0.15) is 11.8 Å². The van der Waals surface area contributed by atoms with Gasteiger partial charge in [0.15, 0.2) is 0 Å². The zero-order chi connectivity index (χ0) is 13.3. The van der Waals surface area contributed by atoms with E-state index >= 15 is 0 Å². The predicted octanol–water partition coefficient (Wildman–Crippen LogP) is 3.73. The van der Waals surface area contributed by atoms with Crippen LogP contribution in [0, 0.1) is 6.92 Å². The first-order valence-electron chi connectivity index (χ1n) is 6.09. The lowest BCUT2D eigenvalue weighted by molar-refractivity contribution is 0.0747. The zero-order valence-electron chi connectivity index (χ0n) is 11.0. The molecule has 1 aromatic rings. The molecule has 2 nitrogen and oxygen atoms in total. The van der Waals surface area contributed by atoms with Crippen LogP contribution in [0.15, 0.2) is 22.7 Å². The molecule has 0 N–H and O–H groups in total. The van der Waals surface area contributed by atoms with Crippen molar-refractivity contribution >= 4 is 33.6 Å². The van der Waals surface area contributed by atoms with Gasteiger partial charge in [-0.05, 0) is 48.3 Å². The number of carbonyl (C=O) groups is 1. The van der Waals surface area contributed by atoms with Gasteiger partial charge in [0.1, 0.15) is 0 Å². The van der Waals surface area contributed by atoms with Crippen LogP contribution in [0.5, 0.6) is 0 Å². The number of nitrogens with zero attached hydrogens (tertiary/aromatic N) is 1. The van der Waals surface area contributed by atoms with Gasteiger partial charge in [-0.1, -0.05) is 12.1 Å². The lowest BCUT2D eigenvalue weighted by Crippen LogP contribution is -2.46. The number of halogens is 1. The minimum atomic E-state index is 0.138. The van der Waals surface area contributed by atoms with Crippen LogP contribution in [0.1, 0.15) is 29.8 Å². The number of hydrogen-bond acceptors (Lipinski definition) is 2. The summed E-state index contributed by atoms with van der Waals surface area (Å²) >= 11 is 5.46. The van der Waals surface area contributed by atoms with Crippen molar-refractivity contribution in [3.63, 3.8) is 0 Å². The Balaban J connectivity index is 2.23. The molecule has 1 aliphatic rings. The van der Waals surface area contributed by atoms with Gasteiger partial charge in [0.2, 0.25) is 0 Å². The molecule has 0 atom stereocenters. The van der Waals surface area contributed by atoms with E-state index in [-0.39, 0.29) is 10.7 Å². The van der Waals surface area contributed by atoms with Crippen molar-refractivity contribution in [1.82, 2.24) is 4.90 Å². The van der Waals surface area contributed by atoms with Crippen molar-refractivity contribution in [3.05, 3.63) is 33.8 Å². The van der Waals surface area contributed by atoms with Gasteiger partial charge < -0.3 is 4.90 Å². The molecule has 0 spiro atoms. The van der Waals surface area contributed by atoms with E-state index in [1.54, 1.807) is 0 Å². The fourth-order valence-electron chi connectivity index (χ4n) is 2.17. The Morgan fingerprint density at radius 3 is 2.83 bits per heavy atom. The van der Waals surface area contributed by atoms with Crippen LogP contribution in [0.25, 0.3) is 0 Å². The fraction of sp³-hybridized carbons (Fsp3) is 0.500. The average Bonchev–Trinajstić information content (AvgIpc) is 2.30. The Hall–Kier alpha value is -0.480. The molecule has 0 aromatic heterocycles. The summed E-state index contributed by atoms with van der Waals surface area (Å²) in [4.78, 5) is 14.5. The number of carbonyl (C=O) groups excluding carboxylic acids is 1. The van der Waals surface area contributed by atoms with E-state index < -0.39 is 0 Å².